The van der Waals surface area contributed by atoms with E-state index in [0.29, 0.717) is 12.5 Å². The Morgan fingerprint density at radius 2 is 1.70 bits per heavy atom. The molecule has 0 aliphatic rings. The summed E-state index contributed by atoms with van der Waals surface area (Å²) >= 11 is 0. The molecule has 0 aliphatic heterocycles. The minimum Gasteiger partial charge on any atom is -0.497 e. The number of methoxy groups -OCH3 is 1. The fourth-order valence-corrected chi connectivity index (χ4v) is 2.48. The molecule has 0 amide bonds. The molecule has 0 saturated carbocycles. The Bertz CT molecular complexity index is 533. The summed E-state index contributed by atoms with van der Waals surface area (Å²) in [5.41, 5.74) is 10.0. The number of hydrogen-bond donors (Lipinski definition) is 1. The first-order valence-electron chi connectivity index (χ1n) is 7.10. The lowest BCUT2D eigenvalue weighted by Gasteiger charge is -2.16. The van der Waals surface area contributed by atoms with Gasteiger partial charge in [-0.25, -0.2) is 0 Å². The van der Waals surface area contributed by atoms with E-state index in [1.54, 1.807) is 7.11 Å². The number of ether oxygens (including phenoxy) is 1. The second-order valence-corrected chi connectivity index (χ2v) is 5.28. The molecule has 0 fully saturated rings. The lowest BCUT2D eigenvalue weighted by molar-refractivity contribution is 0.414. The average Bonchev–Trinajstić information content (AvgIpc) is 2.49. The van der Waals surface area contributed by atoms with Gasteiger partial charge in [-0.05, 0) is 61.1 Å². The van der Waals surface area contributed by atoms with Crippen molar-refractivity contribution in [3.63, 3.8) is 0 Å². The van der Waals surface area contributed by atoms with Crippen molar-refractivity contribution in [2.24, 2.45) is 11.7 Å². The van der Waals surface area contributed by atoms with Crippen LogP contribution in [-0.2, 0) is 12.8 Å². The summed E-state index contributed by atoms with van der Waals surface area (Å²) in [6.45, 7) is 2.87. The minimum atomic E-state index is 0.476. The molecule has 1 unspecified atom stereocenters. The molecular formula is C18H23NO. The first-order chi connectivity index (χ1) is 9.72. The average molecular weight is 269 g/mol. The van der Waals surface area contributed by atoms with E-state index in [9.17, 15) is 0 Å². The fraction of sp³-hybridized carbons (Fsp3) is 0.333. The van der Waals surface area contributed by atoms with Crippen molar-refractivity contribution in [1.82, 2.24) is 0 Å². The maximum atomic E-state index is 5.95. The van der Waals surface area contributed by atoms with Crippen molar-refractivity contribution in [2.45, 2.75) is 19.8 Å². The molecule has 0 saturated heterocycles. The van der Waals surface area contributed by atoms with Gasteiger partial charge in [0.2, 0.25) is 0 Å². The molecule has 0 radical (unpaired) electrons. The molecule has 0 aliphatic carbocycles. The highest BCUT2D eigenvalue weighted by atomic mass is 16.5. The second-order valence-electron chi connectivity index (χ2n) is 5.28. The lowest BCUT2D eigenvalue weighted by atomic mass is 9.91. The molecule has 2 nitrogen and oxygen atoms in total. The molecule has 106 valence electrons. The van der Waals surface area contributed by atoms with Crippen molar-refractivity contribution < 1.29 is 4.74 Å². The predicted octanol–water partition coefficient (Wildman–Crippen LogP) is 3.36. The first kappa shape index (κ1) is 14.6. The van der Waals surface area contributed by atoms with Gasteiger partial charge >= 0.3 is 0 Å². The van der Waals surface area contributed by atoms with Crippen LogP contribution in [0.15, 0.2) is 48.5 Å². The Kier molecular flexibility index (Phi) is 5.19. The van der Waals surface area contributed by atoms with Crippen LogP contribution in [0.3, 0.4) is 0 Å². The van der Waals surface area contributed by atoms with Gasteiger partial charge in [0.05, 0.1) is 7.11 Å². The third-order valence-electron chi connectivity index (χ3n) is 3.79. The molecule has 2 N–H and O–H groups in total. The van der Waals surface area contributed by atoms with Gasteiger partial charge in [0, 0.05) is 0 Å². The van der Waals surface area contributed by atoms with Crippen LogP contribution in [0.1, 0.15) is 16.7 Å². The van der Waals surface area contributed by atoms with E-state index in [4.69, 9.17) is 10.5 Å². The fourth-order valence-electron chi connectivity index (χ4n) is 2.48. The van der Waals surface area contributed by atoms with Crippen LogP contribution >= 0.6 is 0 Å². The predicted molar refractivity (Wildman–Crippen MR) is 84.1 cm³/mol. The highest BCUT2D eigenvalue weighted by molar-refractivity contribution is 5.29. The molecule has 1 atom stereocenters. The van der Waals surface area contributed by atoms with Crippen LogP contribution in [0.4, 0.5) is 0 Å². The molecule has 2 aromatic rings. The van der Waals surface area contributed by atoms with Crippen LogP contribution in [0.5, 0.6) is 5.75 Å². The molecule has 0 aromatic heterocycles. The summed E-state index contributed by atoms with van der Waals surface area (Å²) < 4.78 is 5.19. The van der Waals surface area contributed by atoms with Crippen molar-refractivity contribution in [1.29, 1.82) is 0 Å². The third-order valence-corrected chi connectivity index (χ3v) is 3.79. The molecule has 0 spiro atoms. The number of benzene rings is 2. The maximum absolute atomic E-state index is 5.95. The quantitative estimate of drug-likeness (QED) is 0.872. The molecule has 0 heterocycles. The van der Waals surface area contributed by atoms with Crippen LogP contribution < -0.4 is 10.5 Å². The summed E-state index contributed by atoms with van der Waals surface area (Å²) in [7, 11) is 1.69. The van der Waals surface area contributed by atoms with Gasteiger partial charge in [-0.2, -0.15) is 0 Å². The molecule has 2 aromatic carbocycles. The molecule has 2 heteroatoms. The minimum absolute atomic E-state index is 0.476. The van der Waals surface area contributed by atoms with Gasteiger partial charge in [0.1, 0.15) is 5.75 Å². The Morgan fingerprint density at radius 3 is 2.30 bits per heavy atom. The zero-order valence-electron chi connectivity index (χ0n) is 12.3. The van der Waals surface area contributed by atoms with Crippen LogP contribution in [0, 0.1) is 12.8 Å². The highest BCUT2D eigenvalue weighted by Crippen LogP contribution is 2.18. The molecule has 0 bridgehead atoms. The topological polar surface area (TPSA) is 35.2 Å². The maximum Gasteiger partial charge on any atom is 0.118 e. The van der Waals surface area contributed by atoms with Crippen molar-refractivity contribution in [3.8, 4) is 5.75 Å². The monoisotopic (exact) mass is 269 g/mol. The number of rotatable bonds is 6. The Balaban J connectivity index is 2.03. The normalized spacial score (nSPS) is 12.2. The third kappa shape index (κ3) is 3.84. The van der Waals surface area contributed by atoms with Gasteiger partial charge in [-0.15, -0.1) is 0 Å². The highest BCUT2D eigenvalue weighted by Gasteiger charge is 2.10. The van der Waals surface area contributed by atoms with Crippen molar-refractivity contribution in [3.05, 3.63) is 65.2 Å². The number of hydrogen-bond acceptors (Lipinski definition) is 2. The zero-order chi connectivity index (χ0) is 14.4. The first-order valence-corrected chi connectivity index (χ1v) is 7.10. The zero-order valence-corrected chi connectivity index (χ0v) is 12.3. The smallest absolute Gasteiger partial charge is 0.118 e. The van der Waals surface area contributed by atoms with Crippen LogP contribution in [0.25, 0.3) is 0 Å². The number of aryl methyl sites for hydroxylation is 1. The Labute approximate surface area is 121 Å². The van der Waals surface area contributed by atoms with Gasteiger partial charge in [-0.1, -0.05) is 36.4 Å². The second kappa shape index (κ2) is 7.11. The van der Waals surface area contributed by atoms with Crippen LogP contribution in [-0.4, -0.2) is 13.7 Å². The van der Waals surface area contributed by atoms with E-state index in [1.165, 1.54) is 16.7 Å². The molecular weight excluding hydrogens is 246 g/mol. The van der Waals surface area contributed by atoms with E-state index in [1.807, 2.05) is 12.1 Å². The van der Waals surface area contributed by atoms with E-state index >= 15 is 0 Å². The standard InChI is InChI=1S/C18H23NO/c1-14-5-3-4-6-17(14)12-16(13-19)11-15-7-9-18(20-2)10-8-15/h3-10,16H,11-13,19H2,1-2H3. The van der Waals surface area contributed by atoms with Crippen molar-refractivity contribution in [2.75, 3.05) is 13.7 Å². The SMILES string of the molecule is COc1ccc(CC(CN)Cc2ccccc2C)cc1. The molecule has 2 rings (SSSR count). The summed E-state index contributed by atoms with van der Waals surface area (Å²) in [4.78, 5) is 0. The molecule has 20 heavy (non-hydrogen) atoms. The van der Waals surface area contributed by atoms with Gasteiger partial charge in [0.15, 0.2) is 0 Å². The van der Waals surface area contributed by atoms with Gasteiger partial charge in [0.25, 0.3) is 0 Å². The van der Waals surface area contributed by atoms with E-state index in [2.05, 4.69) is 43.3 Å². The largest absolute Gasteiger partial charge is 0.497 e. The number of nitrogens with two attached hydrogens (primary N) is 1. The van der Waals surface area contributed by atoms with Gasteiger partial charge in [-0.3, -0.25) is 0 Å². The van der Waals surface area contributed by atoms with Crippen LogP contribution in [0.2, 0.25) is 0 Å². The summed E-state index contributed by atoms with van der Waals surface area (Å²) in [5.74, 6) is 1.38. The lowest BCUT2D eigenvalue weighted by Crippen LogP contribution is -2.19. The van der Waals surface area contributed by atoms with E-state index in [0.717, 1.165) is 18.6 Å². The van der Waals surface area contributed by atoms with E-state index < -0.39 is 0 Å². The van der Waals surface area contributed by atoms with E-state index in [-0.39, 0.29) is 0 Å². The summed E-state index contributed by atoms with van der Waals surface area (Å²) in [5, 5.41) is 0. The Morgan fingerprint density at radius 1 is 1.00 bits per heavy atom. The van der Waals surface area contributed by atoms with Crippen molar-refractivity contribution >= 4 is 0 Å². The summed E-state index contributed by atoms with van der Waals surface area (Å²) in [6, 6.07) is 16.8. The van der Waals surface area contributed by atoms with Gasteiger partial charge < -0.3 is 10.5 Å². The summed E-state index contributed by atoms with van der Waals surface area (Å²) in [6.07, 6.45) is 2.05. The Hall–Kier alpha value is -1.80.